The van der Waals surface area contributed by atoms with E-state index >= 15 is 0 Å². The Bertz CT molecular complexity index is 1340. The molecule has 0 radical (unpaired) electrons. The van der Waals surface area contributed by atoms with Gasteiger partial charge in [-0.3, -0.25) is 9.36 Å². The Labute approximate surface area is 204 Å². The number of carbonyl (C=O) groups is 2. The fourth-order valence-corrected chi connectivity index (χ4v) is 4.08. The summed E-state index contributed by atoms with van der Waals surface area (Å²) in [5.41, 5.74) is 5.85. The van der Waals surface area contributed by atoms with Crippen molar-refractivity contribution < 1.29 is 9.59 Å². The predicted octanol–water partition coefficient (Wildman–Crippen LogP) is 5.28. The van der Waals surface area contributed by atoms with Gasteiger partial charge in [0.25, 0.3) is 0 Å². The van der Waals surface area contributed by atoms with E-state index in [1.807, 2.05) is 67.8 Å². The second-order valence-electron chi connectivity index (χ2n) is 9.10. The number of nitrogens with zero attached hydrogens (tertiary/aromatic N) is 3. The van der Waals surface area contributed by atoms with Gasteiger partial charge in [-0.2, -0.15) is 0 Å². The first-order chi connectivity index (χ1) is 17.0. The van der Waals surface area contributed by atoms with Gasteiger partial charge >= 0.3 is 6.03 Å². The summed E-state index contributed by atoms with van der Waals surface area (Å²) < 4.78 is 2.06. The van der Waals surface area contributed by atoms with Gasteiger partial charge in [0.05, 0.1) is 17.1 Å². The molecule has 1 aliphatic carbocycles. The van der Waals surface area contributed by atoms with Crippen LogP contribution in [-0.4, -0.2) is 33.4 Å². The molecule has 0 saturated heterocycles. The molecule has 5 rings (SSSR count). The fourth-order valence-electron chi connectivity index (χ4n) is 4.08. The minimum atomic E-state index is -0.145. The van der Waals surface area contributed by atoms with Crippen LogP contribution in [0, 0.1) is 5.92 Å². The van der Waals surface area contributed by atoms with Crippen molar-refractivity contribution in [3.63, 3.8) is 0 Å². The van der Waals surface area contributed by atoms with Crippen LogP contribution in [0.25, 0.3) is 16.7 Å². The molecular formula is C28H29N5O2. The zero-order valence-corrected chi connectivity index (χ0v) is 19.9. The molecule has 1 heterocycles. The molecule has 1 atom stereocenters. The van der Waals surface area contributed by atoms with Crippen molar-refractivity contribution in [1.29, 1.82) is 0 Å². The second-order valence-corrected chi connectivity index (χ2v) is 9.10. The van der Waals surface area contributed by atoms with Crippen LogP contribution < -0.4 is 10.6 Å². The molecule has 3 aromatic carbocycles. The Morgan fingerprint density at radius 1 is 1.03 bits per heavy atom. The minimum Gasteiger partial charge on any atom is -0.334 e. The Hall–Kier alpha value is -4.13. The topological polar surface area (TPSA) is 79.3 Å². The first-order valence-electron chi connectivity index (χ1n) is 11.9. The van der Waals surface area contributed by atoms with Crippen LogP contribution in [-0.2, 0) is 11.3 Å². The van der Waals surface area contributed by atoms with Crippen molar-refractivity contribution in [2.45, 2.75) is 32.4 Å². The van der Waals surface area contributed by atoms with Crippen LogP contribution in [0.2, 0.25) is 0 Å². The number of hydrogen-bond donors (Lipinski definition) is 2. The number of para-hydroxylation sites is 2. The largest absolute Gasteiger partial charge is 0.334 e. The summed E-state index contributed by atoms with van der Waals surface area (Å²) in [4.78, 5) is 30.8. The molecule has 1 fully saturated rings. The Balaban J connectivity index is 1.17. The molecule has 7 heteroatoms. The third-order valence-electron chi connectivity index (χ3n) is 6.62. The number of imidazole rings is 1. The molecule has 0 spiro atoms. The number of aromatic nitrogens is 2. The van der Waals surface area contributed by atoms with E-state index in [0.717, 1.165) is 46.4 Å². The molecule has 0 bridgehead atoms. The number of amides is 3. The average molecular weight is 468 g/mol. The van der Waals surface area contributed by atoms with E-state index in [4.69, 9.17) is 0 Å². The van der Waals surface area contributed by atoms with Crippen molar-refractivity contribution in [2.24, 2.45) is 5.92 Å². The highest BCUT2D eigenvalue weighted by molar-refractivity contribution is 5.94. The van der Waals surface area contributed by atoms with Crippen LogP contribution in [0.4, 0.5) is 10.5 Å². The highest BCUT2D eigenvalue weighted by Gasteiger charge is 2.29. The van der Waals surface area contributed by atoms with Gasteiger partial charge in [-0.05, 0) is 67.3 Å². The lowest BCUT2D eigenvalue weighted by atomic mass is 10.1. The van der Waals surface area contributed by atoms with Gasteiger partial charge in [-0.15, -0.1) is 0 Å². The van der Waals surface area contributed by atoms with Crippen LogP contribution in [0.15, 0.2) is 79.1 Å². The fraction of sp³-hybridized carbons (Fsp3) is 0.250. The normalized spacial score (nSPS) is 13.9. The second kappa shape index (κ2) is 9.62. The molecule has 1 aliphatic rings. The van der Waals surface area contributed by atoms with Gasteiger partial charge in [0.15, 0.2) is 0 Å². The van der Waals surface area contributed by atoms with Gasteiger partial charge in [0.2, 0.25) is 5.91 Å². The molecule has 2 N–H and O–H groups in total. The van der Waals surface area contributed by atoms with Gasteiger partial charge in [-0.25, -0.2) is 9.78 Å². The zero-order valence-electron chi connectivity index (χ0n) is 19.9. The smallest absolute Gasteiger partial charge is 0.317 e. The van der Waals surface area contributed by atoms with Gasteiger partial charge in [0, 0.05) is 30.9 Å². The summed E-state index contributed by atoms with van der Waals surface area (Å²) in [6.45, 7) is 2.43. The molecule has 3 amide bonds. The zero-order chi connectivity index (χ0) is 24.4. The number of benzene rings is 3. The van der Waals surface area contributed by atoms with Crippen LogP contribution in [0.5, 0.6) is 0 Å². The van der Waals surface area contributed by atoms with E-state index in [-0.39, 0.29) is 23.9 Å². The van der Waals surface area contributed by atoms with E-state index in [0.29, 0.717) is 6.54 Å². The number of hydrogen-bond acceptors (Lipinski definition) is 3. The van der Waals surface area contributed by atoms with Crippen molar-refractivity contribution in [3.05, 3.63) is 90.3 Å². The van der Waals surface area contributed by atoms with E-state index in [9.17, 15) is 9.59 Å². The van der Waals surface area contributed by atoms with Crippen molar-refractivity contribution in [3.8, 4) is 5.69 Å². The Kier molecular flexibility index (Phi) is 6.23. The predicted molar refractivity (Wildman–Crippen MR) is 137 cm³/mol. The van der Waals surface area contributed by atoms with Crippen molar-refractivity contribution in [2.75, 3.05) is 12.4 Å². The van der Waals surface area contributed by atoms with E-state index < -0.39 is 0 Å². The van der Waals surface area contributed by atoms with Gasteiger partial charge in [0.1, 0.15) is 6.33 Å². The summed E-state index contributed by atoms with van der Waals surface area (Å²) in [7, 11) is 1.80. The molecule has 1 aromatic heterocycles. The maximum atomic E-state index is 12.8. The lowest BCUT2D eigenvalue weighted by Crippen LogP contribution is -2.38. The maximum absolute atomic E-state index is 12.8. The molecular weight excluding hydrogens is 438 g/mol. The highest BCUT2D eigenvalue weighted by atomic mass is 16.2. The van der Waals surface area contributed by atoms with Gasteiger partial charge in [-0.1, -0.05) is 36.4 Å². The summed E-state index contributed by atoms with van der Waals surface area (Å²) in [5, 5.41) is 5.91. The summed E-state index contributed by atoms with van der Waals surface area (Å²) >= 11 is 0. The maximum Gasteiger partial charge on any atom is 0.317 e. The van der Waals surface area contributed by atoms with Crippen LogP contribution in [0.3, 0.4) is 0 Å². The van der Waals surface area contributed by atoms with Crippen molar-refractivity contribution in [1.82, 2.24) is 19.8 Å². The third kappa shape index (κ3) is 5.04. The number of rotatable bonds is 7. The number of anilines is 1. The minimum absolute atomic E-state index is 0.0908. The average Bonchev–Trinajstić information content (AvgIpc) is 3.66. The first kappa shape index (κ1) is 22.7. The van der Waals surface area contributed by atoms with Gasteiger partial charge < -0.3 is 15.5 Å². The number of fused-ring (bicyclic) bond motifs is 1. The number of urea groups is 1. The summed E-state index contributed by atoms with van der Waals surface area (Å²) in [5.74, 6) is 0.265. The summed E-state index contributed by atoms with van der Waals surface area (Å²) in [6, 6.07) is 23.6. The molecule has 1 saturated carbocycles. The molecule has 7 nitrogen and oxygen atoms in total. The molecule has 35 heavy (non-hydrogen) atoms. The SMILES string of the molecule is CC(c1ccc(-n2cnc3ccccc32)cc1)N(C)C(=O)NCc1ccc(NC(=O)C2CC2)cc1. The van der Waals surface area contributed by atoms with Crippen LogP contribution in [0.1, 0.15) is 36.9 Å². The third-order valence-corrected chi connectivity index (χ3v) is 6.62. The van der Waals surface area contributed by atoms with Crippen LogP contribution >= 0.6 is 0 Å². The van der Waals surface area contributed by atoms with Crippen molar-refractivity contribution >= 4 is 28.7 Å². The number of nitrogens with one attached hydrogen (secondary N) is 2. The monoisotopic (exact) mass is 467 g/mol. The molecule has 1 unspecified atom stereocenters. The first-order valence-corrected chi connectivity index (χ1v) is 11.9. The lowest BCUT2D eigenvalue weighted by molar-refractivity contribution is -0.117. The quantitative estimate of drug-likeness (QED) is 0.388. The van der Waals surface area contributed by atoms with E-state index in [2.05, 4.69) is 38.4 Å². The number of carbonyl (C=O) groups excluding carboxylic acids is 2. The Morgan fingerprint density at radius 3 is 2.46 bits per heavy atom. The Morgan fingerprint density at radius 2 is 1.74 bits per heavy atom. The van der Waals surface area contributed by atoms with E-state index in [1.54, 1.807) is 11.9 Å². The summed E-state index contributed by atoms with van der Waals surface area (Å²) in [6.07, 6.45) is 3.79. The molecule has 178 valence electrons. The van der Waals surface area contributed by atoms with E-state index in [1.165, 1.54) is 0 Å². The highest BCUT2D eigenvalue weighted by Crippen LogP contribution is 2.30. The molecule has 4 aromatic rings. The standard InChI is InChI=1S/C28H29N5O2/c1-19(21-11-15-24(16-12-21)33-18-30-25-5-3-4-6-26(25)33)32(2)28(35)29-17-20-7-13-23(14-8-20)31-27(34)22-9-10-22/h3-8,11-16,18-19,22H,9-10,17H2,1-2H3,(H,29,35)(H,31,34). The lowest BCUT2D eigenvalue weighted by Gasteiger charge is -2.26. The molecule has 0 aliphatic heterocycles.